The van der Waals surface area contributed by atoms with E-state index in [-0.39, 0.29) is 18.3 Å². The van der Waals surface area contributed by atoms with Gasteiger partial charge in [-0.1, -0.05) is 19.4 Å². The molecular weight excluding hydrogens is 264 g/mol. The van der Waals surface area contributed by atoms with Crippen LogP contribution in [0.2, 0.25) is 0 Å². The lowest BCUT2D eigenvalue weighted by Gasteiger charge is -1.99. The molecule has 0 aliphatic heterocycles. The van der Waals surface area contributed by atoms with Gasteiger partial charge in [0.2, 0.25) is 5.91 Å². The second-order valence-corrected chi connectivity index (χ2v) is 4.28. The molecule has 0 aliphatic carbocycles. The summed E-state index contributed by atoms with van der Waals surface area (Å²) in [5, 5.41) is 2.80. The molecular formula is C13H19ClN4O. The molecule has 2 heterocycles. The summed E-state index contributed by atoms with van der Waals surface area (Å²) >= 11 is 0. The van der Waals surface area contributed by atoms with Crippen LogP contribution >= 0.6 is 12.4 Å². The maximum absolute atomic E-state index is 11.6. The summed E-state index contributed by atoms with van der Waals surface area (Å²) in [7, 11) is 0. The van der Waals surface area contributed by atoms with Crippen LogP contribution in [0.4, 0.5) is 5.82 Å². The number of carbonyl (C=O) groups is 1. The number of pyridine rings is 1. The van der Waals surface area contributed by atoms with Gasteiger partial charge in [0.15, 0.2) is 5.82 Å². The van der Waals surface area contributed by atoms with Crippen LogP contribution in [0.3, 0.4) is 0 Å². The standard InChI is InChI=1S/C13H18N4O.ClH/c1-2-3-4-13(18)16-11-9-17-8-10(7-14)5-6-12(17)15-11;/h5-6,8-9H,2-4,7,14H2,1H3,(H,16,18);1H. The minimum atomic E-state index is 0. The van der Waals surface area contributed by atoms with E-state index in [1.165, 1.54) is 0 Å². The van der Waals surface area contributed by atoms with Crippen molar-refractivity contribution in [3.8, 4) is 0 Å². The summed E-state index contributed by atoms with van der Waals surface area (Å²) < 4.78 is 1.87. The fourth-order valence-electron chi connectivity index (χ4n) is 1.76. The third-order valence-electron chi connectivity index (χ3n) is 2.77. The number of unbranched alkanes of at least 4 members (excludes halogenated alkanes) is 1. The molecule has 1 amide bonds. The van der Waals surface area contributed by atoms with E-state index in [9.17, 15) is 4.79 Å². The van der Waals surface area contributed by atoms with E-state index in [2.05, 4.69) is 17.2 Å². The average molecular weight is 283 g/mol. The van der Waals surface area contributed by atoms with Crippen LogP contribution in [0.15, 0.2) is 24.5 Å². The van der Waals surface area contributed by atoms with Gasteiger partial charge in [-0.05, 0) is 18.1 Å². The quantitative estimate of drug-likeness (QED) is 0.884. The highest BCUT2D eigenvalue weighted by Crippen LogP contribution is 2.11. The van der Waals surface area contributed by atoms with Crippen molar-refractivity contribution in [3.05, 3.63) is 30.1 Å². The van der Waals surface area contributed by atoms with Crippen molar-refractivity contribution in [1.29, 1.82) is 0 Å². The molecule has 5 nitrogen and oxygen atoms in total. The normalized spacial score (nSPS) is 10.2. The zero-order valence-corrected chi connectivity index (χ0v) is 11.7. The third-order valence-corrected chi connectivity index (χ3v) is 2.77. The Kier molecular flexibility index (Phi) is 5.79. The Morgan fingerprint density at radius 3 is 2.89 bits per heavy atom. The Bertz CT molecular complexity index is 553. The van der Waals surface area contributed by atoms with Gasteiger partial charge in [-0.3, -0.25) is 4.79 Å². The van der Waals surface area contributed by atoms with Gasteiger partial charge in [-0.25, -0.2) is 4.98 Å². The highest BCUT2D eigenvalue weighted by Gasteiger charge is 2.06. The van der Waals surface area contributed by atoms with Crippen molar-refractivity contribution in [1.82, 2.24) is 9.38 Å². The number of hydrogen-bond acceptors (Lipinski definition) is 3. The molecule has 2 rings (SSSR count). The minimum Gasteiger partial charge on any atom is -0.326 e. The van der Waals surface area contributed by atoms with Crippen molar-refractivity contribution in [2.75, 3.05) is 5.32 Å². The highest BCUT2D eigenvalue weighted by atomic mass is 35.5. The van der Waals surface area contributed by atoms with E-state index >= 15 is 0 Å². The number of aromatic nitrogens is 2. The molecule has 0 atom stereocenters. The first-order valence-corrected chi connectivity index (χ1v) is 6.20. The van der Waals surface area contributed by atoms with E-state index in [4.69, 9.17) is 5.73 Å². The Hall–Kier alpha value is -1.59. The number of carbonyl (C=O) groups excluding carboxylic acids is 1. The van der Waals surface area contributed by atoms with E-state index in [0.29, 0.717) is 18.8 Å². The van der Waals surface area contributed by atoms with Crippen LogP contribution in [-0.4, -0.2) is 15.3 Å². The minimum absolute atomic E-state index is 0. The molecule has 0 unspecified atom stereocenters. The summed E-state index contributed by atoms with van der Waals surface area (Å²) in [5.74, 6) is 0.601. The second kappa shape index (κ2) is 7.11. The van der Waals surface area contributed by atoms with Crippen LogP contribution in [0.5, 0.6) is 0 Å². The van der Waals surface area contributed by atoms with Gasteiger partial charge in [0.1, 0.15) is 5.65 Å². The lowest BCUT2D eigenvalue weighted by atomic mass is 10.2. The van der Waals surface area contributed by atoms with Crippen LogP contribution in [0.25, 0.3) is 5.65 Å². The van der Waals surface area contributed by atoms with Gasteiger partial charge in [0.05, 0.1) is 6.20 Å². The number of nitrogens with two attached hydrogens (primary N) is 1. The lowest BCUT2D eigenvalue weighted by Crippen LogP contribution is -2.10. The Morgan fingerprint density at radius 2 is 2.21 bits per heavy atom. The van der Waals surface area contributed by atoms with Gasteiger partial charge >= 0.3 is 0 Å². The number of hydrogen-bond donors (Lipinski definition) is 2. The van der Waals surface area contributed by atoms with Crippen LogP contribution in [0, 0.1) is 0 Å². The monoisotopic (exact) mass is 282 g/mol. The number of anilines is 1. The number of imidazole rings is 1. The maximum Gasteiger partial charge on any atom is 0.225 e. The summed E-state index contributed by atoms with van der Waals surface area (Å²) in [4.78, 5) is 15.9. The lowest BCUT2D eigenvalue weighted by molar-refractivity contribution is -0.116. The molecule has 19 heavy (non-hydrogen) atoms. The predicted octanol–water partition coefficient (Wildman–Crippen LogP) is 2.34. The number of halogens is 1. The van der Waals surface area contributed by atoms with E-state index in [1.807, 2.05) is 22.7 Å². The van der Waals surface area contributed by atoms with Crippen LogP contribution in [-0.2, 0) is 11.3 Å². The van der Waals surface area contributed by atoms with Gasteiger partial charge in [0, 0.05) is 19.2 Å². The van der Waals surface area contributed by atoms with Crippen molar-refractivity contribution in [3.63, 3.8) is 0 Å². The highest BCUT2D eigenvalue weighted by molar-refractivity contribution is 5.89. The van der Waals surface area contributed by atoms with Crippen molar-refractivity contribution in [2.45, 2.75) is 32.7 Å². The molecule has 0 saturated heterocycles. The number of amides is 1. The first kappa shape index (κ1) is 15.5. The predicted molar refractivity (Wildman–Crippen MR) is 78.5 cm³/mol. The summed E-state index contributed by atoms with van der Waals surface area (Å²) in [6.07, 6.45) is 6.18. The topological polar surface area (TPSA) is 72.4 Å². The van der Waals surface area contributed by atoms with Gasteiger partial charge < -0.3 is 15.5 Å². The molecule has 0 aliphatic rings. The third kappa shape index (κ3) is 3.94. The zero-order valence-electron chi connectivity index (χ0n) is 10.9. The van der Waals surface area contributed by atoms with E-state index in [1.54, 1.807) is 6.20 Å². The maximum atomic E-state index is 11.6. The Labute approximate surface area is 118 Å². The molecule has 0 saturated carbocycles. The molecule has 6 heteroatoms. The molecule has 104 valence electrons. The summed E-state index contributed by atoms with van der Waals surface area (Å²) in [6.45, 7) is 2.55. The van der Waals surface area contributed by atoms with Crippen molar-refractivity contribution in [2.24, 2.45) is 5.73 Å². The number of fused-ring (bicyclic) bond motifs is 1. The van der Waals surface area contributed by atoms with E-state index < -0.39 is 0 Å². The molecule has 2 aromatic rings. The summed E-state index contributed by atoms with van der Waals surface area (Å²) in [5.41, 5.74) is 7.41. The van der Waals surface area contributed by atoms with Crippen molar-refractivity contribution >= 4 is 29.8 Å². The number of rotatable bonds is 5. The van der Waals surface area contributed by atoms with Crippen LogP contribution < -0.4 is 11.1 Å². The van der Waals surface area contributed by atoms with Gasteiger partial charge in [-0.2, -0.15) is 0 Å². The molecule has 0 aromatic carbocycles. The molecule has 3 N–H and O–H groups in total. The molecule has 0 fully saturated rings. The van der Waals surface area contributed by atoms with Gasteiger partial charge in [-0.15, -0.1) is 12.4 Å². The fraction of sp³-hybridized carbons (Fsp3) is 0.385. The second-order valence-electron chi connectivity index (χ2n) is 4.28. The summed E-state index contributed by atoms with van der Waals surface area (Å²) in [6, 6.07) is 3.83. The number of nitrogens with one attached hydrogen (secondary N) is 1. The van der Waals surface area contributed by atoms with Crippen LogP contribution in [0.1, 0.15) is 31.7 Å². The first-order chi connectivity index (χ1) is 8.72. The van der Waals surface area contributed by atoms with Crippen molar-refractivity contribution < 1.29 is 4.79 Å². The van der Waals surface area contributed by atoms with Gasteiger partial charge in [0.25, 0.3) is 0 Å². The Morgan fingerprint density at radius 1 is 1.42 bits per heavy atom. The number of nitrogens with zero attached hydrogens (tertiary/aromatic N) is 2. The molecule has 0 spiro atoms. The smallest absolute Gasteiger partial charge is 0.225 e. The molecule has 2 aromatic heterocycles. The van der Waals surface area contributed by atoms with E-state index in [0.717, 1.165) is 24.1 Å². The Balaban J connectivity index is 0.00000180. The zero-order chi connectivity index (χ0) is 13.0. The molecule has 0 radical (unpaired) electrons. The average Bonchev–Trinajstić information content (AvgIpc) is 2.77. The fourth-order valence-corrected chi connectivity index (χ4v) is 1.76. The largest absolute Gasteiger partial charge is 0.326 e. The molecule has 0 bridgehead atoms. The first-order valence-electron chi connectivity index (χ1n) is 6.20. The SMILES string of the molecule is CCCCC(=O)Nc1cn2cc(CN)ccc2n1.Cl.